The summed E-state index contributed by atoms with van der Waals surface area (Å²) < 4.78 is 15.3. The second-order valence-corrected chi connectivity index (χ2v) is 6.07. The van der Waals surface area contributed by atoms with Gasteiger partial charge in [-0.3, -0.25) is 4.21 Å². The van der Waals surface area contributed by atoms with Crippen LogP contribution in [-0.2, 0) is 22.9 Å². The van der Waals surface area contributed by atoms with Crippen LogP contribution in [0.1, 0.15) is 11.1 Å². The number of hydrogen-bond acceptors (Lipinski definition) is 3. The zero-order chi connectivity index (χ0) is 10.6. The van der Waals surface area contributed by atoms with E-state index in [2.05, 4.69) is 4.36 Å². The molecular formula is C10H15NO2S. The monoisotopic (exact) mass is 213 g/mol. The van der Waals surface area contributed by atoms with Gasteiger partial charge in [0.2, 0.25) is 0 Å². The summed E-state index contributed by atoms with van der Waals surface area (Å²) in [6.07, 6.45) is 3.23. The molecule has 0 aromatic heterocycles. The summed E-state index contributed by atoms with van der Waals surface area (Å²) in [7, 11) is -2.03. The van der Waals surface area contributed by atoms with Gasteiger partial charge in [0, 0.05) is 22.2 Å². The van der Waals surface area contributed by atoms with E-state index >= 15 is 0 Å². The smallest absolute Gasteiger partial charge is 0.0734 e. The molecule has 0 aliphatic carbocycles. The molecule has 1 N–H and O–H groups in total. The van der Waals surface area contributed by atoms with Crippen molar-refractivity contribution in [2.75, 3.05) is 12.5 Å². The quantitative estimate of drug-likeness (QED) is 0.825. The van der Waals surface area contributed by atoms with Crippen molar-refractivity contribution in [3.63, 3.8) is 0 Å². The Morgan fingerprint density at radius 1 is 1.36 bits per heavy atom. The van der Waals surface area contributed by atoms with Crippen LogP contribution in [0.15, 0.2) is 28.6 Å². The number of aliphatic hydroxyl groups is 1. The molecule has 0 saturated heterocycles. The maximum atomic E-state index is 11.3. The summed E-state index contributed by atoms with van der Waals surface area (Å²) in [6, 6.07) is 7.49. The summed E-state index contributed by atoms with van der Waals surface area (Å²) in [5, 5.41) is 8.90. The van der Waals surface area contributed by atoms with Gasteiger partial charge in [-0.15, -0.1) is 0 Å². The standard InChI is InChI=1S/C10H15NO2S/c1-14(2,13)11-7-9-4-3-5-10(6-9)8-12/h3-6,12H,7-8H2,1-2H3. The van der Waals surface area contributed by atoms with E-state index in [9.17, 15) is 4.21 Å². The third kappa shape index (κ3) is 3.89. The number of benzene rings is 1. The summed E-state index contributed by atoms with van der Waals surface area (Å²) in [4.78, 5) is 0. The van der Waals surface area contributed by atoms with Crippen LogP contribution in [-0.4, -0.2) is 21.8 Å². The molecule has 4 heteroatoms. The van der Waals surface area contributed by atoms with Crippen LogP contribution < -0.4 is 0 Å². The number of hydrogen-bond donors (Lipinski definition) is 1. The van der Waals surface area contributed by atoms with Gasteiger partial charge in [0.15, 0.2) is 0 Å². The second-order valence-electron chi connectivity index (χ2n) is 3.45. The number of nitrogens with zero attached hydrogens (tertiary/aromatic N) is 1. The molecule has 0 atom stereocenters. The highest BCUT2D eigenvalue weighted by Crippen LogP contribution is 2.07. The first kappa shape index (κ1) is 11.2. The Hall–Kier alpha value is -0.870. The molecular weight excluding hydrogens is 198 g/mol. The molecule has 0 bridgehead atoms. The molecule has 78 valence electrons. The molecule has 0 unspecified atom stereocenters. The van der Waals surface area contributed by atoms with Crippen LogP contribution in [0.3, 0.4) is 0 Å². The van der Waals surface area contributed by atoms with Crippen molar-refractivity contribution in [2.24, 2.45) is 4.36 Å². The first-order chi connectivity index (χ1) is 6.51. The zero-order valence-corrected chi connectivity index (χ0v) is 9.25. The highest BCUT2D eigenvalue weighted by Gasteiger charge is 1.95. The average Bonchev–Trinajstić information content (AvgIpc) is 2.14. The van der Waals surface area contributed by atoms with E-state index in [0.29, 0.717) is 6.54 Å². The van der Waals surface area contributed by atoms with E-state index in [-0.39, 0.29) is 6.61 Å². The fourth-order valence-corrected chi connectivity index (χ4v) is 1.52. The van der Waals surface area contributed by atoms with Crippen molar-refractivity contribution in [1.82, 2.24) is 0 Å². The molecule has 1 rings (SSSR count). The average molecular weight is 213 g/mol. The molecule has 0 spiro atoms. The second kappa shape index (κ2) is 4.57. The van der Waals surface area contributed by atoms with Crippen LogP contribution in [0.2, 0.25) is 0 Å². The third-order valence-corrected chi connectivity index (χ3v) is 2.48. The lowest BCUT2D eigenvalue weighted by Gasteiger charge is -2.00. The first-order valence-corrected chi connectivity index (χ1v) is 6.66. The Labute approximate surface area is 85.0 Å². The maximum absolute atomic E-state index is 11.3. The van der Waals surface area contributed by atoms with E-state index in [1.165, 1.54) is 0 Å². The lowest BCUT2D eigenvalue weighted by atomic mass is 10.1. The van der Waals surface area contributed by atoms with Gasteiger partial charge in [-0.1, -0.05) is 24.3 Å². The van der Waals surface area contributed by atoms with Gasteiger partial charge in [0.25, 0.3) is 0 Å². The van der Waals surface area contributed by atoms with Crippen LogP contribution >= 0.6 is 0 Å². The van der Waals surface area contributed by atoms with Gasteiger partial charge in [-0.25, -0.2) is 4.36 Å². The summed E-state index contributed by atoms with van der Waals surface area (Å²) >= 11 is 0. The van der Waals surface area contributed by atoms with Crippen molar-refractivity contribution >= 4 is 9.73 Å². The highest BCUT2D eigenvalue weighted by atomic mass is 32.2. The zero-order valence-electron chi connectivity index (χ0n) is 8.43. The van der Waals surface area contributed by atoms with Crippen molar-refractivity contribution in [3.8, 4) is 0 Å². The van der Waals surface area contributed by atoms with Gasteiger partial charge in [0.05, 0.1) is 13.2 Å². The molecule has 3 nitrogen and oxygen atoms in total. The van der Waals surface area contributed by atoms with Crippen LogP contribution in [0.5, 0.6) is 0 Å². The SMILES string of the molecule is CS(C)(=O)=NCc1cccc(CO)c1. The van der Waals surface area contributed by atoms with Crippen molar-refractivity contribution in [1.29, 1.82) is 0 Å². The predicted octanol–water partition coefficient (Wildman–Crippen LogP) is 1.41. The third-order valence-electron chi connectivity index (χ3n) is 1.73. The van der Waals surface area contributed by atoms with E-state index in [0.717, 1.165) is 11.1 Å². The topological polar surface area (TPSA) is 49.7 Å². The van der Waals surface area contributed by atoms with Gasteiger partial charge >= 0.3 is 0 Å². The maximum Gasteiger partial charge on any atom is 0.0734 e. The van der Waals surface area contributed by atoms with E-state index in [1.807, 2.05) is 24.3 Å². The molecule has 0 saturated carbocycles. The Balaban J connectivity index is 2.83. The molecule has 0 aliphatic rings. The van der Waals surface area contributed by atoms with Gasteiger partial charge in [-0.05, 0) is 11.1 Å². The molecule has 1 aromatic carbocycles. The van der Waals surface area contributed by atoms with Gasteiger partial charge in [0.1, 0.15) is 0 Å². The molecule has 0 heterocycles. The van der Waals surface area contributed by atoms with Crippen molar-refractivity contribution < 1.29 is 9.32 Å². The normalized spacial score (nSPS) is 11.4. The Kier molecular flexibility index (Phi) is 3.66. The summed E-state index contributed by atoms with van der Waals surface area (Å²) in [5.74, 6) is 0. The number of aliphatic hydroxyl groups excluding tert-OH is 1. The molecule has 14 heavy (non-hydrogen) atoms. The Morgan fingerprint density at radius 2 is 2.00 bits per heavy atom. The lowest BCUT2D eigenvalue weighted by Crippen LogP contribution is -1.93. The minimum absolute atomic E-state index is 0.0292. The van der Waals surface area contributed by atoms with Crippen molar-refractivity contribution in [3.05, 3.63) is 35.4 Å². The minimum atomic E-state index is -2.03. The molecule has 1 aromatic rings. The Bertz CT molecular complexity index is 412. The first-order valence-electron chi connectivity index (χ1n) is 4.33. The highest BCUT2D eigenvalue weighted by molar-refractivity contribution is 7.92. The predicted molar refractivity (Wildman–Crippen MR) is 58.5 cm³/mol. The minimum Gasteiger partial charge on any atom is -0.392 e. The summed E-state index contributed by atoms with van der Waals surface area (Å²) in [5.41, 5.74) is 1.84. The van der Waals surface area contributed by atoms with Crippen LogP contribution in [0, 0.1) is 0 Å². The molecule has 0 aliphatic heterocycles. The molecule has 0 radical (unpaired) electrons. The van der Waals surface area contributed by atoms with Crippen LogP contribution in [0.25, 0.3) is 0 Å². The fourth-order valence-electron chi connectivity index (χ4n) is 1.06. The fraction of sp³-hybridized carbons (Fsp3) is 0.400. The Morgan fingerprint density at radius 3 is 2.57 bits per heavy atom. The molecule has 0 fully saturated rings. The van der Waals surface area contributed by atoms with Crippen LogP contribution in [0.4, 0.5) is 0 Å². The largest absolute Gasteiger partial charge is 0.392 e. The van der Waals surface area contributed by atoms with Gasteiger partial charge < -0.3 is 5.11 Å². The lowest BCUT2D eigenvalue weighted by molar-refractivity contribution is 0.281. The number of rotatable bonds is 3. The van der Waals surface area contributed by atoms with E-state index < -0.39 is 9.73 Å². The van der Waals surface area contributed by atoms with Gasteiger partial charge in [-0.2, -0.15) is 0 Å². The molecule has 0 amide bonds. The van der Waals surface area contributed by atoms with E-state index in [1.54, 1.807) is 12.5 Å². The van der Waals surface area contributed by atoms with E-state index in [4.69, 9.17) is 5.11 Å². The van der Waals surface area contributed by atoms with Crippen molar-refractivity contribution in [2.45, 2.75) is 13.2 Å². The summed E-state index contributed by atoms with van der Waals surface area (Å²) in [6.45, 7) is 0.473.